The fourth-order valence-corrected chi connectivity index (χ4v) is 4.72. The van der Waals surface area contributed by atoms with Crippen molar-refractivity contribution in [2.75, 3.05) is 17.2 Å². The Bertz CT molecular complexity index is 1130. The predicted octanol–water partition coefficient (Wildman–Crippen LogP) is 5.54. The van der Waals surface area contributed by atoms with Crippen molar-refractivity contribution in [2.45, 2.75) is 38.1 Å². The second-order valence-electron chi connectivity index (χ2n) is 7.51. The van der Waals surface area contributed by atoms with Crippen molar-refractivity contribution in [1.82, 2.24) is 19.5 Å². The summed E-state index contributed by atoms with van der Waals surface area (Å²) in [5.41, 5.74) is 1.91. The van der Waals surface area contributed by atoms with Crippen LogP contribution in [0.25, 0.3) is 11.2 Å². The van der Waals surface area contributed by atoms with E-state index in [1.807, 2.05) is 6.07 Å². The predicted molar refractivity (Wildman–Crippen MR) is 119 cm³/mol. The smallest absolute Gasteiger partial charge is 0.224 e. The maximum absolute atomic E-state index is 14.2. The summed E-state index contributed by atoms with van der Waals surface area (Å²) in [7, 11) is 0. The van der Waals surface area contributed by atoms with Crippen LogP contribution in [0.1, 0.15) is 36.6 Å². The van der Waals surface area contributed by atoms with Gasteiger partial charge in [-0.05, 0) is 42.8 Å². The van der Waals surface area contributed by atoms with Crippen molar-refractivity contribution in [2.24, 2.45) is 0 Å². The van der Waals surface area contributed by atoms with E-state index in [1.54, 1.807) is 29.7 Å². The molecule has 1 aliphatic rings. The number of nitrogens with zero attached hydrogens (tertiary/aromatic N) is 4. The van der Waals surface area contributed by atoms with Crippen molar-refractivity contribution in [3.8, 4) is 0 Å². The highest BCUT2D eigenvalue weighted by atomic mass is 32.1. The average molecular weight is 423 g/mol. The van der Waals surface area contributed by atoms with E-state index in [1.165, 1.54) is 23.8 Å². The molecule has 0 bridgehead atoms. The molecular formula is C22H23FN6S. The van der Waals surface area contributed by atoms with Crippen molar-refractivity contribution >= 4 is 40.1 Å². The molecule has 1 saturated carbocycles. The van der Waals surface area contributed by atoms with Crippen molar-refractivity contribution in [3.05, 3.63) is 58.7 Å². The lowest BCUT2D eigenvalue weighted by atomic mass is 10.2. The summed E-state index contributed by atoms with van der Waals surface area (Å²) in [4.78, 5) is 15.2. The Morgan fingerprint density at radius 1 is 1.10 bits per heavy atom. The lowest BCUT2D eigenvalue weighted by Gasteiger charge is -2.17. The first-order valence-electron chi connectivity index (χ1n) is 10.3. The fraction of sp³-hybridized carbons (Fsp3) is 0.318. The standard InChI is InChI=1S/C22H23FN6S/c23-17-9-3-4-10-18(17)26-22-27-19-14-25-21(24-12-11-16-8-5-13-30-16)28-20(19)29(22)15-6-1-2-7-15/h3-5,8-10,13-15H,1-2,6-7,11-12H2,(H,26,27)(H,24,25,28). The van der Waals surface area contributed by atoms with Gasteiger partial charge in [-0.25, -0.2) is 14.4 Å². The maximum Gasteiger partial charge on any atom is 0.224 e. The SMILES string of the molecule is Fc1ccccc1Nc1nc2cnc(NCCc3cccs3)nc2n1C1CCCC1. The summed E-state index contributed by atoms with van der Waals surface area (Å²) in [6.45, 7) is 0.768. The van der Waals surface area contributed by atoms with Crippen LogP contribution in [0.3, 0.4) is 0 Å². The number of thiophene rings is 1. The first-order chi connectivity index (χ1) is 14.8. The zero-order valence-electron chi connectivity index (χ0n) is 16.5. The van der Waals surface area contributed by atoms with Crippen LogP contribution in [-0.4, -0.2) is 26.1 Å². The number of para-hydroxylation sites is 1. The molecule has 2 N–H and O–H groups in total. The molecule has 4 aromatic rings. The van der Waals surface area contributed by atoms with Crippen LogP contribution < -0.4 is 10.6 Å². The summed E-state index contributed by atoms with van der Waals surface area (Å²) in [6, 6.07) is 11.2. The molecule has 5 rings (SSSR count). The van der Waals surface area contributed by atoms with E-state index in [0.29, 0.717) is 29.1 Å². The van der Waals surface area contributed by atoms with Crippen molar-refractivity contribution < 1.29 is 4.39 Å². The molecule has 30 heavy (non-hydrogen) atoms. The van der Waals surface area contributed by atoms with E-state index >= 15 is 0 Å². The van der Waals surface area contributed by atoms with Gasteiger partial charge >= 0.3 is 0 Å². The molecule has 0 saturated heterocycles. The number of nitrogens with one attached hydrogen (secondary N) is 2. The Kier molecular flexibility index (Phi) is 5.31. The Labute approximate surface area is 178 Å². The molecule has 1 aromatic carbocycles. The molecule has 0 radical (unpaired) electrons. The number of anilines is 3. The molecule has 0 unspecified atom stereocenters. The number of hydrogen-bond donors (Lipinski definition) is 2. The first kappa shape index (κ1) is 19.0. The summed E-state index contributed by atoms with van der Waals surface area (Å²) < 4.78 is 16.3. The highest BCUT2D eigenvalue weighted by Gasteiger charge is 2.24. The third-order valence-corrected chi connectivity index (χ3v) is 6.41. The molecule has 154 valence electrons. The molecule has 0 amide bonds. The van der Waals surface area contributed by atoms with Gasteiger partial charge in [-0.15, -0.1) is 11.3 Å². The van der Waals surface area contributed by atoms with E-state index in [9.17, 15) is 4.39 Å². The Balaban J connectivity index is 1.45. The second-order valence-corrected chi connectivity index (χ2v) is 8.54. The molecule has 0 atom stereocenters. The van der Waals surface area contributed by atoms with Gasteiger partial charge in [-0.3, -0.25) is 4.57 Å². The van der Waals surface area contributed by atoms with E-state index in [2.05, 4.69) is 42.7 Å². The number of imidazole rings is 1. The first-order valence-corrected chi connectivity index (χ1v) is 11.2. The summed E-state index contributed by atoms with van der Waals surface area (Å²) in [5.74, 6) is 0.909. The largest absolute Gasteiger partial charge is 0.354 e. The average Bonchev–Trinajstić information content (AvgIpc) is 3.50. The lowest BCUT2D eigenvalue weighted by Crippen LogP contribution is -2.11. The Morgan fingerprint density at radius 2 is 1.97 bits per heavy atom. The molecule has 3 aromatic heterocycles. The molecule has 0 aliphatic heterocycles. The number of aromatic nitrogens is 4. The highest BCUT2D eigenvalue weighted by Crippen LogP contribution is 2.36. The van der Waals surface area contributed by atoms with Gasteiger partial charge in [0.25, 0.3) is 0 Å². The zero-order chi connectivity index (χ0) is 20.3. The topological polar surface area (TPSA) is 67.7 Å². The Hall–Kier alpha value is -3.00. The summed E-state index contributed by atoms with van der Waals surface area (Å²) >= 11 is 1.75. The normalized spacial score (nSPS) is 14.4. The minimum absolute atomic E-state index is 0.301. The van der Waals surface area contributed by atoms with E-state index < -0.39 is 0 Å². The van der Waals surface area contributed by atoms with Gasteiger partial charge in [0.2, 0.25) is 11.9 Å². The van der Waals surface area contributed by atoms with Crippen LogP contribution in [0.5, 0.6) is 0 Å². The van der Waals surface area contributed by atoms with Crippen molar-refractivity contribution in [3.63, 3.8) is 0 Å². The van der Waals surface area contributed by atoms with Gasteiger partial charge in [0.15, 0.2) is 5.65 Å². The molecule has 0 spiro atoms. The third-order valence-electron chi connectivity index (χ3n) is 5.48. The number of hydrogen-bond acceptors (Lipinski definition) is 6. The van der Waals surface area contributed by atoms with Gasteiger partial charge in [-0.1, -0.05) is 31.0 Å². The molecule has 1 aliphatic carbocycles. The highest BCUT2D eigenvalue weighted by molar-refractivity contribution is 7.09. The van der Waals surface area contributed by atoms with Crippen LogP contribution in [0.15, 0.2) is 48.0 Å². The van der Waals surface area contributed by atoms with Crippen LogP contribution in [0.4, 0.5) is 22.0 Å². The van der Waals surface area contributed by atoms with Crippen LogP contribution >= 0.6 is 11.3 Å². The fourth-order valence-electron chi connectivity index (χ4n) is 4.01. The van der Waals surface area contributed by atoms with Crippen LogP contribution in [-0.2, 0) is 6.42 Å². The molecule has 1 fully saturated rings. The van der Waals surface area contributed by atoms with E-state index in [0.717, 1.165) is 31.5 Å². The number of fused-ring (bicyclic) bond motifs is 1. The van der Waals surface area contributed by atoms with Gasteiger partial charge in [0.05, 0.1) is 11.9 Å². The molecule has 3 heterocycles. The second kappa shape index (κ2) is 8.39. The van der Waals surface area contributed by atoms with Gasteiger partial charge in [0, 0.05) is 17.5 Å². The van der Waals surface area contributed by atoms with Gasteiger partial charge < -0.3 is 10.6 Å². The summed E-state index contributed by atoms with van der Waals surface area (Å²) in [6.07, 6.45) is 7.18. The van der Waals surface area contributed by atoms with E-state index in [-0.39, 0.29) is 5.82 Å². The Morgan fingerprint density at radius 3 is 2.77 bits per heavy atom. The molecule has 8 heteroatoms. The maximum atomic E-state index is 14.2. The third kappa shape index (κ3) is 3.87. The minimum atomic E-state index is -0.301. The molecular weight excluding hydrogens is 399 g/mol. The monoisotopic (exact) mass is 422 g/mol. The van der Waals surface area contributed by atoms with Gasteiger partial charge in [0.1, 0.15) is 11.3 Å². The molecule has 6 nitrogen and oxygen atoms in total. The number of benzene rings is 1. The van der Waals surface area contributed by atoms with Crippen LogP contribution in [0.2, 0.25) is 0 Å². The van der Waals surface area contributed by atoms with Crippen LogP contribution in [0, 0.1) is 5.82 Å². The van der Waals surface area contributed by atoms with Crippen molar-refractivity contribution in [1.29, 1.82) is 0 Å². The van der Waals surface area contributed by atoms with E-state index in [4.69, 9.17) is 4.98 Å². The van der Waals surface area contributed by atoms with Gasteiger partial charge in [-0.2, -0.15) is 4.98 Å². The summed E-state index contributed by atoms with van der Waals surface area (Å²) in [5, 5.41) is 8.59. The lowest BCUT2D eigenvalue weighted by molar-refractivity contribution is 0.535. The number of halogens is 1. The minimum Gasteiger partial charge on any atom is -0.354 e. The number of rotatable bonds is 7. The quantitative estimate of drug-likeness (QED) is 0.409. The zero-order valence-corrected chi connectivity index (χ0v) is 17.3.